The highest BCUT2D eigenvalue weighted by Gasteiger charge is 2.15. The van der Waals surface area contributed by atoms with E-state index in [1.165, 1.54) is 18.3 Å². The third kappa shape index (κ3) is 6.27. The van der Waals surface area contributed by atoms with Gasteiger partial charge in [-0.15, -0.1) is 0 Å². The fourth-order valence-electron chi connectivity index (χ4n) is 1.82. The Labute approximate surface area is 145 Å². The zero-order chi connectivity index (χ0) is 18.4. The Balaban J connectivity index is 1.88. The van der Waals surface area contributed by atoms with E-state index in [4.69, 9.17) is 15.2 Å². The fourth-order valence-corrected chi connectivity index (χ4v) is 1.82. The van der Waals surface area contributed by atoms with E-state index in [1.54, 1.807) is 39.0 Å². The number of nitrogens with one attached hydrogen (secondary N) is 2. The topological polar surface area (TPSA) is 98.5 Å². The number of benzene rings is 1. The first-order chi connectivity index (χ1) is 11.7. The maximum Gasteiger partial charge on any atom is 0.422 e. The third-order valence-corrected chi connectivity index (χ3v) is 2.85. The number of carbonyl (C=O) groups is 1. The van der Waals surface area contributed by atoms with Crippen LogP contribution in [0.25, 0.3) is 0 Å². The number of amides is 1. The van der Waals surface area contributed by atoms with Crippen LogP contribution < -0.4 is 21.3 Å². The van der Waals surface area contributed by atoms with Crippen molar-refractivity contribution in [3.63, 3.8) is 0 Å². The highest BCUT2D eigenvalue weighted by atomic mass is 19.1. The lowest BCUT2D eigenvalue weighted by atomic mass is 10.2. The Morgan fingerprint density at radius 1 is 1.28 bits per heavy atom. The normalized spacial score (nSPS) is 11.0. The molecule has 0 fully saturated rings. The number of hydrazine groups is 1. The van der Waals surface area contributed by atoms with Gasteiger partial charge in [-0.1, -0.05) is 6.07 Å². The predicted octanol–water partition coefficient (Wildman–Crippen LogP) is 3.12. The Kier molecular flexibility index (Phi) is 5.76. The average Bonchev–Trinajstić information content (AvgIpc) is 2.50. The van der Waals surface area contributed by atoms with E-state index in [2.05, 4.69) is 15.8 Å². The van der Waals surface area contributed by atoms with Crippen LogP contribution >= 0.6 is 0 Å². The summed E-state index contributed by atoms with van der Waals surface area (Å²) in [4.78, 5) is 15.4. The molecule has 0 bridgehead atoms. The summed E-state index contributed by atoms with van der Waals surface area (Å²) in [5, 5.41) is 0. The number of halogens is 1. The van der Waals surface area contributed by atoms with Crippen molar-refractivity contribution in [3.8, 4) is 11.6 Å². The van der Waals surface area contributed by atoms with Gasteiger partial charge in [-0.2, -0.15) is 0 Å². The SMILES string of the molecule is CC(C)(C)OC(=O)NNCc1ccc(Oc2ccc(N)cn2)c(F)c1. The van der Waals surface area contributed by atoms with E-state index in [9.17, 15) is 9.18 Å². The molecule has 0 atom stereocenters. The van der Waals surface area contributed by atoms with Crippen LogP contribution in [-0.2, 0) is 11.3 Å². The first-order valence-corrected chi connectivity index (χ1v) is 7.62. The maximum atomic E-state index is 14.1. The molecule has 0 unspecified atom stereocenters. The number of hydrogen-bond donors (Lipinski definition) is 3. The van der Waals surface area contributed by atoms with Crippen LogP contribution in [0.5, 0.6) is 11.6 Å². The zero-order valence-corrected chi connectivity index (χ0v) is 14.3. The molecule has 134 valence electrons. The van der Waals surface area contributed by atoms with Gasteiger partial charge in [0.2, 0.25) is 5.88 Å². The van der Waals surface area contributed by atoms with Gasteiger partial charge in [0.05, 0.1) is 11.9 Å². The van der Waals surface area contributed by atoms with Crippen LogP contribution in [0.15, 0.2) is 36.5 Å². The van der Waals surface area contributed by atoms with Crippen molar-refractivity contribution in [3.05, 3.63) is 47.9 Å². The quantitative estimate of drug-likeness (QED) is 0.718. The number of ether oxygens (including phenoxy) is 2. The van der Waals surface area contributed by atoms with Crippen molar-refractivity contribution >= 4 is 11.8 Å². The number of anilines is 1. The number of aromatic nitrogens is 1. The average molecular weight is 348 g/mol. The Morgan fingerprint density at radius 3 is 2.64 bits per heavy atom. The molecular weight excluding hydrogens is 327 g/mol. The van der Waals surface area contributed by atoms with E-state index in [-0.39, 0.29) is 18.2 Å². The van der Waals surface area contributed by atoms with Crippen molar-refractivity contribution < 1.29 is 18.7 Å². The second kappa shape index (κ2) is 7.80. The van der Waals surface area contributed by atoms with Gasteiger partial charge in [0.1, 0.15) is 5.60 Å². The second-order valence-electron chi connectivity index (χ2n) is 6.28. The van der Waals surface area contributed by atoms with E-state index in [1.807, 2.05) is 0 Å². The lowest BCUT2D eigenvalue weighted by Crippen LogP contribution is -2.40. The molecule has 0 radical (unpaired) electrons. The van der Waals surface area contributed by atoms with E-state index < -0.39 is 17.5 Å². The monoisotopic (exact) mass is 348 g/mol. The summed E-state index contributed by atoms with van der Waals surface area (Å²) in [6, 6.07) is 7.61. The molecule has 2 aromatic rings. The van der Waals surface area contributed by atoms with Gasteiger partial charge in [0.15, 0.2) is 11.6 Å². The molecule has 0 saturated heterocycles. The Bertz CT molecular complexity index is 730. The van der Waals surface area contributed by atoms with Crippen LogP contribution in [-0.4, -0.2) is 16.7 Å². The molecule has 1 aromatic heterocycles. The van der Waals surface area contributed by atoms with Gasteiger partial charge in [0.25, 0.3) is 0 Å². The molecule has 2 rings (SSSR count). The molecule has 1 heterocycles. The summed E-state index contributed by atoms with van der Waals surface area (Å²) in [6.45, 7) is 5.50. The first kappa shape index (κ1) is 18.5. The molecular formula is C17H21FN4O3. The summed E-state index contributed by atoms with van der Waals surface area (Å²) < 4.78 is 24.5. The molecule has 7 nitrogen and oxygen atoms in total. The van der Waals surface area contributed by atoms with Gasteiger partial charge < -0.3 is 15.2 Å². The summed E-state index contributed by atoms with van der Waals surface area (Å²) in [5.41, 5.74) is 11.1. The number of rotatable bonds is 5. The van der Waals surface area contributed by atoms with E-state index in [0.717, 1.165) is 0 Å². The molecule has 0 aliphatic carbocycles. The lowest BCUT2D eigenvalue weighted by molar-refractivity contribution is 0.0497. The van der Waals surface area contributed by atoms with Crippen molar-refractivity contribution in [2.75, 3.05) is 5.73 Å². The van der Waals surface area contributed by atoms with Gasteiger partial charge in [0, 0.05) is 12.6 Å². The second-order valence-corrected chi connectivity index (χ2v) is 6.28. The number of nitrogens with zero attached hydrogens (tertiary/aromatic N) is 1. The molecule has 8 heteroatoms. The molecule has 0 aliphatic heterocycles. The smallest absolute Gasteiger partial charge is 0.422 e. The summed E-state index contributed by atoms with van der Waals surface area (Å²) in [5.74, 6) is -0.262. The van der Waals surface area contributed by atoms with Crippen molar-refractivity contribution in [1.29, 1.82) is 0 Å². The zero-order valence-electron chi connectivity index (χ0n) is 14.3. The first-order valence-electron chi connectivity index (χ1n) is 7.62. The van der Waals surface area contributed by atoms with Crippen LogP contribution in [0.4, 0.5) is 14.9 Å². The fraction of sp³-hybridized carbons (Fsp3) is 0.294. The van der Waals surface area contributed by atoms with Crippen LogP contribution in [0.2, 0.25) is 0 Å². The summed E-state index contributed by atoms with van der Waals surface area (Å²) in [6.07, 6.45) is 0.816. The van der Waals surface area contributed by atoms with Crippen molar-refractivity contribution in [2.45, 2.75) is 32.9 Å². The number of hydrogen-bond acceptors (Lipinski definition) is 6. The van der Waals surface area contributed by atoms with Gasteiger partial charge in [-0.3, -0.25) is 5.43 Å². The molecule has 1 amide bonds. The van der Waals surface area contributed by atoms with Crippen LogP contribution in [0, 0.1) is 5.82 Å². The van der Waals surface area contributed by atoms with Gasteiger partial charge >= 0.3 is 6.09 Å². The van der Waals surface area contributed by atoms with Gasteiger partial charge in [-0.05, 0) is 44.5 Å². The maximum absolute atomic E-state index is 14.1. The summed E-state index contributed by atoms with van der Waals surface area (Å²) in [7, 11) is 0. The molecule has 0 spiro atoms. The lowest BCUT2D eigenvalue weighted by Gasteiger charge is -2.19. The third-order valence-electron chi connectivity index (χ3n) is 2.85. The van der Waals surface area contributed by atoms with E-state index >= 15 is 0 Å². The van der Waals surface area contributed by atoms with Crippen LogP contribution in [0.3, 0.4) is 0 Å². The number of pyridine rings is 1. The number of nitrogens with two attached hydrogens (primary N) is 1. The molecule has 25 heavy (non-hydrogen) atoms. The predicted molar refractivity (Wildman–Crippen MR) is 91.3 cm³/mol. The van der Waals surface area contributed by atoms with Gasteiger partial charge in [-0.25, -0.2) is 19.6 Å². The van der Waals surface area contributed by atoms with Crippen molar-refractivity contribution in [1.82, 2.24) is 15.8 Å². The minimum Gasteiger partial charge on any atom is -0.443 e. The highest BCUT2D eigenvalue weighted by Crippen LogP contribution is 2.24. The molecule has 4 N–H and O–H groups in total. The van der Waals surface area contributed by atoms with Crippen molar-refractivity contribution in [2.24, 2.45) is 0 Å². The molecule has 1 aromatic carbocycles. The standard InChI is InChI=1S/C17H21FN4O3/c1-17(2,3)25-16(23)22-21-9-11-4-6-14(13(18)8-11)24-15-7-5-12(19)10-20-15/h4-8,10,21H,9,19H2,1-3H3,(H,22,23). The summed E-state index contributed by atoms with van der Waals surface area (Å²) >= 11 is 0. The highest BCUT2D eigenvalue weighted by molar-refractivity contribution is 5.66. The molecule has 0 saturated carbocycles. The Morgan fingerprint density at radius 2 is 2.04 bits per heavy atom. The molecule has 0 aliphatic rings. The largest absolute Gasteiger partial charge is 0.443 e. The Hall–Kier alpha value is -2.87. The minimum absolute atomic E-state index is 0.0427. The minimum atomic E-state index is -0.609. The van der Waals surface area contributed by atoms with Crippen LogP contribution in [0.1, 0.15) is 26.3 Å². The number of nitrogen functional groups attached to an aromatic ring is 1. The van der Waals surface area contributed by atoms with E-state index in [0.29, 0.717) is 11.3 Å². The number of carbonyl (C=O) groups excluding carboxylic acids is 1.